The summed E-state index contributed by atoms with van der Waals surface area (Å²) in [6, 6.07) is 1.42. The zero-order valence-corrected chi connectivity index (χ0v) is 19.0. The third-order valence-corrected chi connectivity index (χ3v) is 6.53. The summed E-state index contributed by atoms with van der Waals surface area (Å²) in [5, 5.41) is 11.7. The standard InChI is InChI=1S/C25H24N4O4/c1-25(2)8-7-20-17-9-15(5-6-16-12-26-14-27(16)3)23(33-4)10-18(17)21-11-22(30)19(24(31)32)13-28(21)29(20)25/h10-14H,7-9H2,1-4H3,(H,31,32). The number of ether oxygens (including phenoxy) is 1. The van der Waals surface area contributed by atoms with Gasteiger partial charge in [0, 0.05) is 42.6 Å². The lowest BCUT2D eigenvalue weighted by molar-refractivity contribution is 0.0694. The van der Waals surface area contributed by atoms with Gasteiger partial charge in [0.25, 0.3) is 0 Å². The number of imidazole rings is 1. The number of carboxylic acids is 1. The van der Waals surface area contributed by atoms with Gasteiger partial charge in [0.2, 0.25) is 0 Å². The molecule has 8 heteroatoms. The van der Waals surface area contributed by atoms with Crippen LogP contribution in [0.3, 0.4) is 0 Å². The van der Waals surface area contributed by atoms with E-state index >= 15 is 0 Å². The van der Waals surface area contributed by atoms with Crippen LogP contribution in [0.15, 0.2) is 58.3 Å². The molecule has 4 heterocycles. The summed E-state index contributed by atoms with van der Waals surface area (Å²) in [5.74, 6) is 5.84. The Bertz CT molecular complexity index is 1420. The number of rotatable bonds is 2. The molecule has 168 valence electrons. The highest BCUT2D eigenvalue weighted by atomic mass is 16.5. The Morgan fingerprint density at radius 1 is 1.30 bits per heavy atom. The Balaban J connectivity index is 1.73. The number of nitrogens with zero attached hydrogens (tertiary/aromatic N) is 4. The van der Waals surface area contributed by atoms with Crippen LogP contribution < -0.4 is 10.4 Å². The molecular weight excluding hydrogens is 420 g/mol. The second-order valence-electron chi connectivity index (χ2n) is 9.06. The summed E-state index contributed by atoms with van der Waals surface area (Å²) < 4.78 is 9.35. The molecule has 2 aliphatic heterocycles. The van der Waals surface area contributed by atoms with E-state index in [2.05, 4.69) is 35.7 Å². The molecule has 2 aromatic heterocycles. The monoisotopic (exact) mass is 444 g/mol. The fourth-order valence-corrected chi connectivity index (χ4v) is 4.81. The molecule has 0 unspecified atom stereocenters. The lowest BCUT2D eigenvalue weighted by atomic mass is 9.86. The van der Waals surface area contributed by atoms with Gasteiger partial charge in [-0.25, -0.2) is 9.78 Å². The van der Waals surface area contributed by atoms with E-state index in [1.807, 2.05) is 22.4 Å². The van der Waals surface area contributed by atoms with Gasteiger partial charge >= 0.3 is 5.97 Å². The summed E-state index contributed by atoms with van der Waals surface area (Å²) in [6.07, 6.45) is 9.10. The van der Waals surface area contributed by atoms with Crippen LogP contribution >= 0.6 is 0 Å². The minimum absolute atomic E-state index is 0.237. The van der Waals surface area contributed by atoms with Crippen molar-refractivity contribution in [3.63, 3.8) is 0 Å². The van der Waals surface area contributed by atoms with Crippen molar-refractivity contribution in [2.24, 2.45) is 7.05 Å². The van der Waals surface area contributed by atoms with E-state index in [0.29, 0.717) is 17.9 Å². The van der Waals surface area contributed by atoms with Gasteiger partial charge in [0.1, 0.15) is 17.0 Å². The molecule has 33 heavy (non-hydrogen) atoms. The van der Waals surface area contributed by atoms with Crippen LogP contribution in [-0.2, 0) is 11.8 Å². The second-order valence-corrected chi connectivity index (χ2v) is 9.06. The highest BCUT2D eigenvalue weighted by molar-refractivity contribution is 5.90. The normalized spacial score (nSPS) is 18.2. The number of aromatic carboxylic acids is 1. The van der Waals surface area contributed by atoms with Crippen LogP contribution in [0.4, 0.5) is 0 Å². The number of allylic oxidation sites excluding steroid dienone is 5. The van der Waals surface area contributed by atoms with Gasteiger partial charge in [0.15, 0.2) is 5.43 Å². The van der Waals surface area contributed by atoms with Crippen LogP contribution in [0.2, 0.25) is 0 Å². The summed E-state index contributed by atoms with van der Waals surface area (Å²) in [7, 11) is 3.50. The molecule has 2 aromatic rings. The van der Waals surface area contributed by atoms with Gasteiger partial charge in [-0.3, -0.25) is 14.5 Å². The van der Waals surface area contributed by atoms with E-state index in [4.69, 9.17) is 4.74 Å². The third kappa shape index (κ3) is 3.20. The second kappa shape index (κ2) is 7.27. The molecule has 5 rings (SSSR count). The number of hydrogen-bond donors (Lipinski definition) is 1. The molecule has 1 saturated heterocycles. The zero-order valence-electron chi connectivity index (χ0n) is 19.0. The molecule has 8 nitrogen and oxygen atoms in total. The molecule has 1 fully saturated rings. The van der Waals surface area contributed by atoms with Crippen LogP contribution in [0.1, 0.15) is 54.9 Å². The lowest BCUT2D eigenvalue weighted by Gasteiger charge is -2.42. The van der Waals surface area contributed by atoms with Crippen LogP contribution in [0.5, 0.6) is 0 Å². The average Bonchev–Trinajstić information content (AvgIpc) is 3.33. The van der Waals surface area contributed by atoms with Crippen molar-refractivity contribution in [3.05, 3.63) is 80.6 Å². The molecule has 0 atom stereocenters. The van der Waals surface area contributed by atoms with Crippen molar-refractivity contribution in [3.8, 4) is 11.8 Å². The number of carbonyl (C=O) groups is 1. The molecule has 0 saturated carbocycles. The Kier molecular flexibility index (Phi) is 4.60. The number of aromatic nitrogens is 3. The molecule has 0 aromatic carbocycles. The van der Waals surface area contributed by atoms with Crippen LogP contribution in [-0.4, -0.2) is 38.0 Å². The summed E-state index contributed by atoms with van der Waals surface area (Å²) in [5.41, 5.74) is 4.40. The number of fused-ring (bicyclic) bond motifs is 5. The van der Waals surface area contributed by atoms with Crippen molar-refractivity contribution in [1.29, 1.82) is 0 Å². The predicted molar refractivity (Wildman–Crippen MR) is 123 cm³/mol. The lowest BCUT2D eigenvalue weighted by Crippen LogP contribution is -2.49. The smallest absolute Gasteiger partial charge is 0.341 e. The fraction of sp³-hybridized carbons (Fsp3) is 0.320. The van der Waals surface area contributed by atoms with Crippen molar-refractivity contribution in [1.82, 2.24) is 14.2 Å². The van der Waals surface area contributed by atoms with Gasteiger partial charge in [-0.15, -0.1) is 0 Å². The zero-order chi connectivity index (χ0) is 23.5. The highest BCUT2D eigenvalue weighted by Crippen LogP contribution is 2.47. The molecule has 0 spiro atoms. The maximum absolute atomic E-state index is 12.6. The molecule has 1 N–H and O–H groups in total. The predicted octanol–water partition coefficient (Wildman–Crippen LogP) is 2.80. The summed E-state index contributed by atoms with van der Waals surface area (Å²) in [6.45, 7) is 4.25. The van der Waals surface area contributed by atoms with Crippen molar-refractivity contribution in [2.45, 2.75) is 38.6 Å². The minimum atomic E-state index is -1.23. The van der Waals surface area contributed by atoms with E-state index in [1.54, 1.807) is 19.6 Å². The molecule has 0 radical (unpaired) electrons. The molecule has 1 aliphatic carbocycles. The van der Waals surface area contributed by atoms with Crippen LogP contribution in [0.25, 0.3) is 5.57 Å². The number of pyridine rings is 1. The molecule has 3 aliphatic rings. The Hall–Kier alpha value is -3.99. The Morgan fingerprint density at radius 3 is 2.76 bits per heavy atom. The van der Waals surface area contributed by atoms with Gasteiger partial charge < -0.3 is 14.4 Å². The third-order valence-electron chi connectivity index (χ3n) is 6.53. The Labute approximate surface area is 191 Å². The van der Waals surface area contributed by atoms with Gasteiger partial charge in [-0.2, -0.15) is 0 Å². The van der Waals surface area contributed by atoms with E-state index < -0.39 is 11.4 Å². The minimum Gasteiger partial charge on any atom is -0.496 e. The fourth-order valence-electron chi connectivity index (χ4n) is 4.81. The largest absolute Gasteiger partial charge is 0.496 e. The topological polar surface area (TPSA) is 89.6 Å². The maximum atomic E-state index is 12.6. The van der Waals surface area contributed by atoms with Gasteiger partial charge in [-0.05, 0) is 44.3 Å². The maximum Gasteiger partial charge on any atom is 0.341 e. The first-order valence-corrected chi connectivity index (χ1v) is 10.7. The molecular formula is C25H24N4O4. The number of methoxy groups -OCH3 is 1. The number of hydrogen-bond acceptors (Lipinski definition) is 5. The summed E-state index contributed by atoms with van der Waals surface area (Å²) >= 11 is 0. The van der Waals surface area contributed by atoms with E-state index in [1.165, 1.54) is 12.3 Å². The average molecular weight is 444 g/mol. The van der Waals surface area contributed by atoms with Crippen molar-refractivity contribution < 1.29 is 14.6 Å². The van der Waals surface area contributed by atoms with Gasteiger partial charge in [-0.1, -0.05) is 5.92 Å². The number of carboxylic acid groups (broad SMARTS) is 1. The number of aryl methyl sites for hydroxylation is 1. The van der Waals surface area contributed by atoms with Gasteiger partial charge in [0.05, 0.1) is 30.9 Å². The quantitative estimate of drug-likeness (QED) is 0.717. The highest BCUT2D eigenvalue weighted by Gasteiger charge is 2.43. The summed E-state index contributed by atoms with van der Waals surface area (Å²) in [4.78, 5) is 28.4. The SMILES string of the molecule is COC1=C(C#Cc2cncn2C)CC2=C3CCC(C)(C)N3n3cc(C(=O)O)c(=O)cc3C2=C1. The molecule has 0 amide bonds. The first kappa shape index (κ1) is 20.9. The van der Waals surface area contributed by atoms with E-state index in [9.17, 15) is 14.7 Å². The first-order valence-electron chi connectivity index (χ1n) is 10.7. The first-order chi connectivity index (χ1) is 15.7. The van der Waals surface area contributed by atoms with Crippen molar-refractivity contribution in [2.75, 3.05) is 12.1 Å². The van der Waals surface area contributed by atoms with Crippen LogP contribution in [0, 0.1) is 11.8 Å². The Morgan fingerprint density at radius 2 is 2.09 bits per heavy atom. The van der Waals surface area contributed by atoms with E-state index in [-0.39, 0.29) is 11.1 Å². The van der Waals surface area contributed by atoms with E-state index in [0.717, 1.165) is 41.0 Å². The molecule has 0 bridgehead atoms. The van der Waals surface area contributed by atoms with Crippen molar-refractivity contribution >= 4 is 11.5 Å².